The quantitative estimate of drug-likeness (QED) is 0.480. The number of hydrogen-bond donors (Lipinski definition) is 0. The van der Waals surface area contributed by atoms with Crippen molar-refractivity contribution in [2.24, 2.45) is 0 Å². The Morgan fingerprint density at radius 3 is 1.78 bits per heavy atom. The van der Waals surface area contributed by atoms with Crippen LogP contribution in [0, 0.1) is 0 Å². The van der Waals surface area contributed by atoms with Crippen molar-refractivity contribution in [2.75, 3.05) is 7.05 Å². The SMILES string of the molecule is CC.CN1C=CCC=C1. The molecule has 9 heavy (non-hydrogen) atoms. The Balaban J connectivity index is 0.000000291. The van der Waals surface area contributed by atoms with E-state index in [1.165, 1.54) is 0 Å². The maximum atomic E-state index is 2.12. The lowest BCUT2D eigenvalue weighted by Crippen LogP contribution is -2.01. The summed E-state index contributed by atoms with van der Waals surface area (Å²) in [7, 11) is 2.02. The van der Waals surface area contributed by atoms with Gasteiger partial charge in [0, 0.05) is 7.05 Å². The van der Waals surface area contributed by atoms with Gasteiger partial charge in [-0.3, -0.25) is 0 Å². The molecule has 1 nitrogen and oxygen atoms in total. The monoisotopic (exact) mass is 125 g/mol. The van der Waals surface area contributed by atoms with Gasteiger partial charge in [0.15, 0.2) is 0 Å². The van der Waals surface area contributed by atoms with E-state index in [9.17, 15) is 0 Å². The molecule has 0 aromatic rings. The fourth-order valence-corrected chi connectivity index (χ4v) is 0.583. The molecule has 0 N–H and O–H groups in total. The third kappa shape index (κ3) is 3.83. The van der Waals surface area contributed by atoms with Crippen LogP contribution in [-0.2, 0) is 0 Å². The summed E-state index contributed by atoms with van der Waals surface area (Å²) >= 11 is 0. The molecule has 0 aromatic carbocycles. The molecular formula is C8H15N. The summed E-state index contributed by atoms with van der Waals surface area (Å²) in [6, 6.07) is 0. The van der Waals surface area contributed by atoms with Crippen molar-refractivity contribution in [3.05, 3.63) is 24.6 Å². The Labute approximate surface area is 57.7 Å². The summed E-state index contributed by atoms with van der Waals surface area (Å²) < 4.78 is 0. The first kappa shape index (κ1) is 8.28. The summed E-state index contributed by atoms with van der Waals surface area (Å²) in [6.45, 7) is 4.00. The molecule has 1 heterocycles. The highest BCUT2D eigenvalue weighted by atomic mass is 15.0. The number of rotatable bonds is 0. The zero-order valence-electron chi connectivity index (χ0n) is 6.46. The summed E-state index contributed by atoms with van der Waals surface area (Å²) in [5.74, 6) is 0. The summed E-state index contributed by atoms with van der Waals surface area (Å²) in [4.78, 5) is 2.03. The van der Waals surface area contributed by atoms with Crippen molar-refractivity contribution in [2.45, 2.75) is 20.3 Å². The minimum atomic E-state index is 1.09. The standard InChI is InChI=1S/C6H9N.C2H6/c1-7-5-3-2-4-6-7;1-2/h3-6H,2H2,1H3;1-2H3. The predicted molar refractivity (Wildman–Crippen MR) is 42.0 cm³/mol. The van der Waals surface area contributed by atoms with Gasteiger partial charge in [0.2, 0.25) is 0 Å². The highest BCUT2D eigenvalue weighted by molar-refractivity contribution is 5.00. The molecule has 0 amide bonds. The van der Waals surface area contributed by atoms with E-state index in [1.807, 2.05) is 25.8 Å². The van der Waals surface area contributed by atoms with E-state index in [4.69, 9.17) is 0 Å². The molecule has 1 aliphatic rings. The highest BCUT2D eigenvalue weighted by Crippen LogP contribution is 1.97. The minimum Gasteiger partial charge on any atom is -0.358 e. The van der Waals surface area contributed by atoms with Gasteiger partial charge in [0.25, 0.3) is 0 Å². The Morgan fingerprint density at radius 2 is 1.56 bits per heavy atom. The van der Waals surface area contributed by atoms with E-state index in [2.05, 4.69) is 24.6 Å². The molecule has 1 heteroatoms. The third-order valence-corrected chi connectivity index (χ3v) is 0.953. The van der Waals surface area contributed by atoms with E-state index >= 15 is 0 Å². The van der Waals surface area contributed by atoms with Crippen LogP contribution < -0.4 is 0 Å². The molecule has 0 unspecified atom stereocenters. The Hall–Kier alpha value is -0.720. The molecule has 1 aliphatic heterocycles. The molecule has 0 bridgehead atoms. The van der Waals surface area contributed by atoms with E-state index in [0.29, 0.717) is 0 Å². The fourth-order valence-electron chi connectivity index (χ4n) is 0.583. The Bertz CT molecular complexity index is 91.1. The van der Waals surface area contributed by atoms with E-state index < -0.39 is 0 Å². The maximum absolute atomic E-state index is 2.12. The molecule has 0 radical (unpaired) electrons. The summed E-state index contributed by atoms with van der Waals surface area (Å²) in [5.41, 5.74) is 0. The van der Waals surface area contributed by atoms with Gasteiger partial charge in [0.05, 0.1) is 0 Å². The molecule has 52 valence electrons. The third-order valence-electron chi connectivity index (χ3n) is 0.953. The first-order chi connectivity index (χ1) is 4.39. The average molecular weight is 125 g/mol. The van der Waals surface area contributed by atoms with Gasteiger partial charge in [-0.15, -0.1) is 0 Å². The lowest BCUT2D eigenvalue weighted by Gasteiger charge is -2.08. The van der Waals surface area contributed by atoms with Crippen LogP contribution in [0.4, 0.5) is 0 Å². The molecule has 0 aliphatic carbocycles. The molecule has 0 spiro atoms. The van der Waals surface area contributed by atoms with Crippen LogP contribution in [0.15, 0.2) is 24.6 Å². The van der Waals surface area contributed by atoms with Crippen LogP contribution in [0.5, 0.6) is 0 Å². The van der Waals surface area contributed by atoms with Crippen LogP contribution in [0.1, 0.15) is 20.3 Å². The number of nitrogens with zero attached hydrogens (tertiary/aromatic N) is 1. The smallest absolute Gasteiger partial charge is 0.0106 e. The highest BCUT2D eigenvalue weighted by Gasteiger charge is 1.84. The minimum absolute atomic E-state index is 1.09. The van der Waals surface area contributed by atoms with Crippen LogP contribution in [0.2, 0.25) is 0 Å². The van der Waals surface area contributed by atoms with Crippen molar-refractivity contribution in [1.29, 1.82) is 0 Å². The molecule has 0 fully saturated rings. The summed E-state index contributed by atoms with van der Waals surface area (Å²) in [6.07, 6.45) is 9.45. The van der Waals surface area contributed by atoms with Gasteiger partial charge in [-0.2, -0.15) is 0 Å². The van der Waals surface area contributed by atoms with Crippen molar-refractivity contribution in [3.8, 4) is 0 Å². The molecule has 0 aromatic heterocycles. The van der Waals surface area contributed by atoms with Gasteiger partial charge >= 0.3 is 0 Å². The fraction of sp³-hybridized carbons (Fsp3) is 0.500. The van der Waals surface area contributed by atoms with Gasteiger partial charge in [0.1, 0.15) is 0 Å². The second-order valence-corrected chi connectivity index (χ2v) is 1.67. The first-order valence-corrected chi connectivity index (χ1v) is 3.45. The van der Waals surface area contributed by atoms with Crippen LogP contribution in [-0.4, -0.2) is 11.9 Å². The first-order valence-electron chi connectivity index (χ1n) is 3.45. The molecule has 0 saturated heterocycles. The maximum Gasteiger partial charge on any atom is 0.0106 e. The number of hydrogen-bond acceptors (Lipinski definition) is 1. The van der Waals surface area contributed by atoms with Gasteiger partial charge in [-0.1, -0.05) is 26.0 Å². The molecule has 0 atom stereocenters. The van der Waals surface area contributed by atoms with E-state index in [1.54, 1.807) is 0 Å². The van der Waals surface area contributed by atoms with Crippen LogP contribution in [0.25, 0.3) is 0 Å². The van der Waals surface area contributed by atoms with Crippen molar-refractivity contribution in [1.82, 2.24) is 4.90 Å². The molecule has 0 saturated carbocycles. The van der Waals surface area contributed by atoms with Crippen molar-refractivity contribution in [3.63, 3.8) is 0 Å². The molecule has 1 rings (SSSR count). The van der Waals surface area contributed by atoms with E-state index in [0.717, 1.165) is 6.42 Å². The Morgan fingerprint density at radius 1 is 1.11 bits per heavy atom. The van der Waals surface area contributed by atoms with Gasteiger partial charge < -0.3 is 4.90 Å². The van der Waals surface area contributed by atoms with Crippen molar-refractivity contribution >= 4 is 0 Å². The lowest BCUT2D eigenvalue weighted by atomic mass is 10.3. The second-order valence-electron chi connectivity index (χ2n) is 1.67. The zero-order valence-corrected chi connectivity index (χ0v) is 6.46. The Kier molecular flexibility index (Phi) is 4.98. The normalized spacial score (nSPS) is 14.8. The van der Waals surface area contributed by atoms with Gasteiger partial charge in [-0.05, 0) is 18.8 Å². The van der Waals surface area contributed by atoms with Crippen LogP contribution >= 0.6 is 0 Å². The van der Waals surface area contributed by atoms with Gasteiger partial charge in [-0.25, -0.2) is 0 Å². The van der Waals surface area contributed by atoms with Crippen molar-refractivity contribution < 1.29 is 0 Å². The number of allylic oxidation sites excluding steroid dienone is 2. The second kappa shape index (κ2) is 5.42. The van der Waals surface area contributed by atoms with Crippen LogP contribution in [0.3, 0.4) is 0 Å². The largest absolute Gasteiger partial charge is 0.358 e. The predicted octanol–water partition coefficient (Wildman–Crippen LogP) is 2.38. The topological polar surface area (TPSA) is 3.24 Å². The lowest BCUT2D eigenvalue weighted by molar-refractivity contribution is 0.612. The average Bonchev–Trinajstić information content (AvgIpc) is 1.94. The summed E-state index contributed by atoms with van der Waals surface area (Å²) in [5, 5.41) is 0. The van der Waals surface area contributed by atoms with E-state index in [-0.39, 0.29) is 0 Å². The molecular weight excluding hydrogens is 110 g/mol. The zero-order chi connectivity index (χ0) is 7.11.